The number of hydrogen-bond acceptors (Lipinski definition) is 11. The number of urea groups is 1. The number of hydrogen-bond donors (Lipinski definition) is 3. The molecule has 0 spiro atoms. The third kappa shape index (κ3) is 7.11. The van der Waals surface area contributed by atoms with Gasteiger partial charge in [0, 0.05) is 95.2 Å². The number of benzene rings is 2. The lowest BCUT2D eigenvalue weighted by atomic mass is 9.94. The van der Waals surface area contributed by atoms with Crippen molar-refractivity contribution in [1.82, 2.24) is 35.1 Å². The Hall–Kier alpha value is -5.65. The van der Waals surface area contributed by atoms with Crippen molar-refractivity contribution in [1.29, 1.82) is 0 Å². The highest BCUT2D eigenvalue weighted by molar-refractivity contribution is 6.05. The molecule has 3 atom stereocenters. The summed E-state index contributed by atoms with van der Waals surface area (Å²) in [5.41, 5.74) is 4.07. The van der Waals surface area contributed by atoms with Gasteiger partial charge in [-0.25, -0.2) is 4.79 Å². The molecule has 0 radical (unpaired) electrons. The summed E-state index contributed by atoms with van der Waals surface area (Å²) >= 11 is 0. The molecule has 3 aromatic rings. The van der Waals surface area contributed by atoms with E-state index in [1.807, 2.05) is 29.2 Å². The zero-order chi connectivity index (χ0) is 40.3. The number of phenolic OH excluding ortho intramolecular Hbond substituents is 1. The summed E-state index contributed by atoms with van der Waals surface area (Å²) in [7, 11) is 0. The van der Waals surface area contributed by atoms with Gasteiger partial charge < -0.3 is 34.9 Å². The highest BCUT2D eigenvalue weighted by Crippen LogP contribution is 2.38. The Morgan fingerprint density at radius 1 is 0.879 bits per heavy atom. The van der Waals surface area contributed by atoms with Crippen molar-refractivity contribution in [3.63, 3.8) is 0 Å². The number of alkyl halides is 3. The van der Waals surface area contributed by atoms with Crippen LogP contribution in [0, 0.1) is 5.92 Å². The minimum absolute atomic E-state index is 0.0215. The average Bonchev–Trinajstić information content (AvgIpc) is 3.55. The van der Waals surface area contributed by atoms with Crippen molar-refractivity contribution in [2.75, 3.05) is 80.6 Å². The molecule has 2 unspecified atom stereocenters. The van der Waals surface area contributed by atoms with Gasteiger partial charge in [0.15, 0.2) is 5.82 Å². The van der Waals surface area contributed by atoms with Gasteiger partial charge in [0.1, 0.15) is 17.8 Å². The van der Waals surface area contributed by atoms with E-state index in [2.05, 4.69) is 30.6 Å². The number of amides is 5. The molecule has 18 heteroatoms. The third-order valence-corrected chi connectivity index (χ3v) is 12.6. The number of piperazine rings is 2. The number of halogens is 3. The minimum atomic E-state index is -4.60. The van der Waals surface area contributed by atoms with Crippen LogP contribution < -0.4 is 20.4 Å². The zero-order valence-corrected chi connectivity index (χ0v) is 31.8. The second-order valence-electron chi connectivity index (χ2n) is 16.1. The maximum atomic E-state index is 14.7. The number of aromatic nitrogens is 2. The molecule has 7 heterocycles. The first-order chi connectivity index (χ1) is 27.9. The maximum Gasteiger partial charge on any atom is 0.410 e. The first kappa shape index (κ1) is 37.9. The fraction of sp³-hybridized carbons (Fsp3) is 0.500. The van der Waals surface area contributed by atoms with Gasteiger partial charge in [0.2, 0.25) is 11.8 Å². The monoisotopic (exact) mass is 802 g/mol. The van der Waals surface area contributed by atoms with E-state index in [-0.39, 0.29) is 62.1 Å². The molecule has 4 fully saturated rings. The number of carbonyl (C=O) groups excluding carboxylic acids is 4. The lowest BCUT2D eigenvalue weighted by molar-refractivity contribution is -0.190. The average molecular weight is 803 g/mol. The van der Waals surface area contributed by atoms with Crippen LogP contribution in [0.25, 0.3) is 11.3 Å². The number of imide groups is 1. The number of para-hydroxylation sites is 1. The van der Waals surface area contributed by atoms with Crippen molar-refractivity contribution in [2.24, 2.45) is 5.92 Å². The molecule has 5 amide bonds. The fourth-order valence-corrected chi connectivity index (χ4v) is 9.46. The number of piperidine rings is 2. The predicted octanol–water partition coefficient (Wildman–Crippen LogP) is 3.11. The standard InChI is InChI=1S/C40H45F3N10O5/c41-40(42,43)34-23-48(20-24-9-11-49(12-10-24)26-6-5-25-21-53(38(57)29(25)17-26)31-7-8-35(55)45-37(31)56)13-15-52(34)39(58)50-14-16-51-27(22-50)19-44-36-32(51)18-30(46-47-36)28-3-1-2-4-33(28)54/h1-6,17-18,24,27,31,34,54H,7-16,19-23H2,(H,44,47)(H,45,55,56)/t27-,31?,34?/m0/s1. The molecule has 0 aliphatic carbocycles. The van der Waals surface area contributed by atoms with Gasteiger partial charge in [-0.1, -0.05) is 18.2 Å². The Labute approximate surface area is 332 Å². The molecule has 15 nitrogen and oxygen atoms in total. The first-order valence-electron chi connectivity index (χ1n) is 19.9. The largest absolute Gasteiger partial charge is 0.507 e. The Morgan fingerprint density at radius 2 is 1.69 bits per heavy atom. The lowest BCUT2D eigenvalue weighted by Crippen LogP contribution is -2.66. The molecule has 9 rings (SSSR count). The summed E-state index contributed by atoms with van der Waals surface area (Å²) in [4.78, 5) is 61.5. The van der Waals surface area contributed by atoms with Crippen molar-refractivity contribution in [3.8, 4) is 17.0 Å². The van der Waals surface area contributed by atoms with Crippen LogP contribution >= 0.6 is 0 Å². The fourth-order valence-electron chi connectivity index (χ4n) is 9.46. The Bertz CT molecular complexity index is 2130. The second-order valence-corrected chi connectivity index (χ2v) is 16.1. The number of aromatic hydroxyl groups is 1. The van der Waals surface area contributed by atoms with Crippen LogP contribution in [0.3, 0.4) is 0 Å². The highest BCUT2D eigenvalue weighted by Gasteiger charge is 2.50. The van der Waals surface area contributed by atoms with Gasteiger partial charge in [0.05, 0.1) is 17.4 Å². The first-order valence-corrected chi connectivity index (χ1v) is 19.9. The van der Waals surface area contributed by atoms with Gasteiger partial charge in [-0.05, 0) is 61.1 Å². The molecule has 0 bridgehead atoms. The molecule has 6 aliphatic heterocycles. The van der Waals surface area contributed by atoms with Crippen LogP contribution in [0.4, 0.5) is 35.2 Å². The van der Waals surface area contributed by atoms with E-state index in [4.69, 9.17) is 0 Å². The van der Waals surface area contributed by atoms with Gasteiger partial charge in [-0.2, -0.15) is 13.2 Å². The number of fused-ring (bicyclic) bond motifs is 4. The van der Waals surface area contributed by atoms with E-state index in [0.29, 0.717) is 74.9 Å². The van der Waals surface area contributed by atoms with Crippen LogP contribution in [-0.2, 0) is 16.1 Å². The molecule has 0 saturated carbocycles. The third-order valence-electron chi connectivity index (χ3n) is 12.6. The highest BCUT2D eigenvalue weighted by atomic mass is 19.4. The van der Waals surface area contributed by atoms with Crippen molar-refractivity contribution in [2.45, 2.75) is 56.5 Å². The van der Waals surface area contributed by atoms with Crippen LogP contribution in [0.2, 0.25) is 0 Å². The number of nitrogens with one attached hydrogen (secondary N) is 2. The Kier molecular flexibility index (Phi) is 9.76. The number of carbonyl (C=O) groups is 4. The van der Waals surface area contributed by atoms with Crippen molar-refractivity contribution < 1.29 is 37.5 Å². The normalized spacial score (nSPS) is 24.3. The van der Waals surface area contributed by atoms with E-state index in [9.17, 15) is 37.5 Å². The number of rotatable bonds is 5. The Balaban J connectivity index is 0.792. The van der Waals surface area contributed by atoms with Gasteiger partial charge in [0.25, 0.3) is 5.91 Å². The molecule has 306 valence electrons. The quantitative estimate of drug-likeness (QED) is 0.326. The van der Waals surface area contributed by atoms with Gasteiger partial charge in [-0.15, -0.1) is 10.2 Å². The van der Waals surface area contributed by atoms with Crippen LogP contribution in [-0.4, -0.2) is 148 Å². The molecular formula is C40H45F3N10O5. The predicted molar refractivity (Wildman–Crippen MR) is 206 cm³/mol. The molecular weight excluding hydrogens is 757 g/mol. The van der Waals surface area contributed by atoms with Crippen molar-refractivity contribution in [3.05, 3.63) is 59.7 Å². The zero-order valence-electron chi connectivity index (χ0n) is 31.8. The number of anilines is 3. The maximum absolute atomic E-state index is 14.7. The van der Waals surface area contributed by atoms with Gasteiger partial charge >= 0.3 is 12.2 Å². The van der Waals surface area contributed by atoms with E-state index >= 15 is 0 Å². The number of nitrogens with zero attached hydrogens (tertiary/aromatic N) is 8. The molecule has 4 saturated heterocycles. The summed E-state index contributed by atoms with van der Waals surface area (Å²) in [6.07, 6.45) is -2.57. The summed E-state index contributed by atoms with van der Waals surface area (Å²) in [6.45, 7) is 3.59. The van der Waals surface area contributed by atoms with Gasteiger partial charge in [-0.3, -0.25) is 24.6 Å². The topological polar surface area (TPSA) is 158 Å². The summed E-state index contributed by atoms with van der Waals surface area (Å²) in [5, 5.41) is 24.6. The molecule has 2 aromatic carbocycles. The summed E-state index contributed by atoms with van der Waals surface area (Å²) in [6, 6.07) is 11.0. The molecule has 3 N–H and O–H groups in total. The van der Waals surface area contributed by atoms with Crippen LogP contribution in [0.5, 0.6) is 5.75 Å². The number of phenols is 1. The summed E-state index contributed by atoms with van der Waals surface area (Å²) < 4.78 is 44.0. The minimum Gasteiger partial charge on any atom is -0.507 e. The molecule has 1 aromatic heterocycles. The lowest BCUT2D eigenvalue weighted by Gasteiger charge is -2.49. The van der Waals surface area contributed by atoms with Crippen LogP contribution in [0.15, 0.2) is 48.5 Å². The SMILES string of the molecule is O=C1CCC(N2Cc3ccc(N4CCC(CN5CCN(C(=O)N6CCN7c8cc(-c9ccccc9O)nnc8NC[C@H]7C6)C(C(F)(F)F)C5)CC4)cc3C2=O)C(=O)N1. The second kappa shape index (κ2) is 14.9. The van der Waals surface area contributed by atoms with Crippen LogP contribution in [0.1, 0.15) is 41.6 Å². The van der Waals surface area contributed by atoms with E-state index in [1.165, 1.54) is 9.80 Å². The van der Waals surface area contributed by atoms with Crippen molar-refractivity contribution >= 4 is 40.9 Å². The Morgan fingerprint density at radius 3 is 2.47 bits per heavy atom. The van der Waals surface area contributed by atoms with E-state index in [1.54, 1.807) is 24.3 Å². The van der Waals surface area contributed by atoms with E-state index in [0.717, 1.165) is 34.7 Å². The smallest absolute Gasteiger partial charge is 0.410 e. The summed E-state index contributed by atoms with van der Waals surface area (Å²) in [5.74, 6) is -0.178. The van der Waals surface area contributed by atoms with E-state index < -0.39 is 30.2 Å². The molecule has 6 aliphatic rings. The molecule has 58 heavy (non-hydrogen) atoms.